The maximum absolute atomic E-state index is 13.3. The van der Waals surface area contributed by atoms with Gasteiger partial charge in [-0.2, -0.15) is 0 Å². The summed E-state index contributed by atoms with van der Waals surface area (Å²) in [4.78, 5) is 15.6. The van der Waals surface area contributed by atoms with E-state index in [-0.39, 0.29) is 29.8 Å². The highest BCUT2D eigenvalue weighted by molar-refractivity contribution is 7.90. The van der Waals surface area contributed by atoms with Crippen LogP contribution in [0.5, 0.6) is 11.5 Å². The average Bonchev–Trinajstić information content (AvgIpc) is 3.08. The van der Waals surface area contributed by atoms with Crippen molar-refractivity contribution in [2.45, 2.75) is 55.6 Å². The molecule has 6 rings (SSSR count). The number of nitrogens with zero attached hydrogens (tertiary/aromatic N) is 1. The summed E-state index contributed by atoms with van der Waals surface area (Å²) in [6.45, 7) is 1.89. The van der Waals surface area contributed by atoms with Crippen molar-refractivity contribution < 1.29 is 27.8 Å². The molecule has 2 heterocycles. The van der Waals surface area contributed by atoms with Gasteiger partial charge in [-0.25, -0.2) is 13.1 Å². The van der Waals surface area contributed by atoms with E-state index >= 15 is 0 Å². The van der Waals surface area contributed by atoms with Crippen molar-refractivity contribution >= 4 is 33.2 Å². The Hall–Kier alpha value is -2.75. The van der Waals surface area contributed by atoms with Crippen molar-refractivity contribution in [3.8, 4) is 11.5 Å². The first-order valence-corrected chi connectivity index (χ1v) is 16.3. The van der Waals surface area contributed by atoms with Gasteiger partial charge in [0, 0.05) is 31.2 Å². The Morgan fingerprint density at radius 2 is 1.98 bits per heavy atom. The fourth-order valence-corrected chi connectivity index (χ4v) is 8.41. The number of aromatic hydroxyl groups is 1. The number of amides is 1. The molecule has 1 saturated carbocycles. The number of carbonyl (C=O) groups excluding carboxylic acids is 1. The number of anilines is 1. The molecular formula is C31H37ClN2O6S. The van der Waals surface area contributed by atoms with Crippen LogP contribution in [0.25, 0.3) is 0 Å². The van der Waals surface area contributed by atoms with E-state index in [0.29, 0.717) is 35.8 Å². The standard InChI is InChI=1S/C31H37ClN2O6S/c1-39-17-24-7-3-2-5-20-8-9-23(20)16-34-18-31(12-4-6-21-13-26(32)28(35)15-25(21)31)19-40-29-11-10-22(14-27(29)34)30(36)33-41(24,37)38/h2-3,10-11,13-15,20,23-24,35H,4-9,12,16-19H2,1H3,(H,33,36)/b3-2+/t20-,23-,24-,31-/m0/s1. The number of sulfonamides is 1. The summed E-state index contributed by atoms with van der Waals surface area (Å²) < 4.78 is 40.3. The van der Waals surface area contributed by atoms with Crippen LogP contribution in [0.1, 0.15) is 60.0 Å². The fraction of sp³-hybridized carbons (Fsp3) is 0.516. The van der Waals surface area contributed by atoms with Crippen LogP contribution in [-0.4, -0.2) is 58.1 Å². The molecule has 4 atom stereocenters. The van der Waals surface area contributed by atoms with Crippen LogP contribution in [0.2, 0.25) is 5.02 Å². The number of allylic oxidation sites excluding steroid dienone is 2. The number of ether oxygens (including phenoxy) is 2. The van der Waals surface area contributed by atoms with E-state index in [1.807, 2.05) is 12.1 Å². The smallest absolute Gasteiger partial charge is 0.264 e. The number of phenols is 1. The van der Waals surface area contributed by atoms with Crippen LogP contribution in [0.3, 0.4) is 0 Å². The van der Waals surface area contributed by atoms with Crippen molar-refractivity contribution in [1.82, 2.24) is 4.72 Å². The number of methoxy groups -OCH3 is 1. The monoisotopic (exact) mass is 600 g/mol. The summed E-state index contributed by atoms with van der Waals surface area (Å²) in [6.07, 6.45) is 10.2. The third-order valence-corrected chi connectivity index (χ3v) is 11.4. The molecule has 0 unspecified atom stereocenters. The fourth-order valence-electron chi connectivity index (χ4n) is 7.00. The highest BCUT2D eigenvalue weighted by Crippen LogP contribution is 2.47. The molecule has 2 aromatic carbocycles. The molecule has 220 valence electrons. The van der Waals surface area contributed by atoms with Gasteiger partial charge in [-0.05, 0) is 98.2 Å². The maximum atomic E-state index is 13.3. The number of hydrogen-bond acceptors (Lipinski definition) is 7. The summed E-state index contributed by atoms with van der Waals surface area (Å²) in [7, 11) is -2.51. The predicted octanol–water partition coefficient (Wildman–Crippen LogP) is 4.97. The van der Waals surface area contributed by atoms with Gasteiger partial charge in [0.1, 0.15) is 16.7 Å². The lowest BCUT2D eigenvalue weighted by molar-refractivity contribution is 0.0980. The molecule has 0 aromatic heterocycles. The molecule has 2 bridgehead atoms. The lowest BCUT2D eigenvalue weighted by Crippen LogP contribution is -2.48. The van der Waals surface area contributed by atoms with Gasteiger partial charge in [0.25, 0.3) is 5.91 Å². The molecular weight excluding hydrogens is 564 g/mol. The van der Waals surface area contributed by atoms with E-state index < -0.39 is 21.2 Å². The van der Waals surface area contributed by atoms with Crippen LogP contribution in [0.4, 0.5) is 5.69 Å². The highest BCUT2D eigenvalue weighted by Gasteiger charge is 2.44. The number of carbonyl (C=O) groups is 1. The quantitative estimate of drug-likeness (QED) is 0.469. The number of fused-ring (bicyclic) bond motifs is 4. The Labute approximate surface area is 246 Å². The van der Waals surface area contributed by atoms with Gasteiger partial charge in [0.05, 0.1) is 23.9 Å². The van der Waals surface area contributed by atoms with Gasteiger partial charge in [0.15, 0.2) is 0 Å². The summed E-state index contributed by atoms with van der Waals surface area (Å²) in [6, 6.07) is 8.84. The van der Waals surface area contributed by atoms with Gasteiger partial charge < -0.3 is 19.5 Å². The molecule has 1 spiro atoms. The lowest BCUT2D eigenvalue weighted by Gasteiger charge is -2.44. The summed E-state index contributed by atoms with van der Waals surface area (Å²) in [5.41, 5.74) is 2.89. The second-order valence-corrected chi connectivity index (χ2v) is 14.4. The van der Waals surface area contributed by atoms with E-state index in [2.05, 4.69) is 15.7 Å². The van der Waals surface area contributed by atoms with Crippen molar-refractivity contribution in [3.63, 3.8) is 0 Å². The van der Waals surface area contributed by atoms with E-state index in [1.165, 1.54) is 7.11 Å². The second kappa shape index (κ2) is 11.2. The number of nitrogens with one attached hydrogen (secondary N) is 1. The first kappa shape index (κ1) is 28.4. The third-order valence-electron chi connectivity index (χ3n) is 9.47. The molecule has 4 aliphatic rings. The summed E-state index contributed by atoms with van der Waals surface area (Å²) >= 11 is 6.30. The zero-order valence-electron chi connectivity index (χ0n) is 23.3. The number of benzene rings is 2. The van der Waals surface area contributed by atoms with Gasteiger partial charge in [0.2, 0.25) is 10.0 Å². The van der Waals surface area contributed by atoms with E-state index in [4.69, 9.17) is 21.1 Å². The average molecular weight is 601 g/mol. The van der Waals surface area contributed by atoms with E-state index in [9.17, 15) is 18.3 Å². The lowest BCUT2D eigenvalue weighted by atomic mass is 9.69. The minimum Gasteiger partial charge on any atom is -0.506 e. The Kier molecular flexibility index (Phi) is 7.72. The second-order valence-electron chi connectivity index (χ2n) is 12.0. The van der Waals surface area contributed by atoms with Gasteiger partial charge >= 0.3 is 0 Å². The molecule has 1 fully saturated rings. The Morgan fingerprint density at radius 3 is 2.76 bits per heavy atom. The first-order chi connectivity index (χ1) is 19.7. The number of halogens is 1. The van der Waals surface area contributed by atoms with Crippen molar-refractivity contribution in [2.24, 2.45) is 11.8 Å². The molecule has 8 nitrogen and oxygen atoms in total. The Balaban J connectivity index is 1.42. The summed E-state index contributed by atoms with van der Waals surface area (Å²) in [5.74, 6) is 1.04. The van der Waals surface area contributed by atoms with E-state index in [0.717, 1.165) is 61.9 Å². The molecule has 2 aliphatic carbocycles. The molecule has 2 aliphatic heterocycles. The summed E-state index contributed by atoms with van der Waals surface area (Å²) in [5, 5.41) is 10.1. The molecule has 41 heavy (non-hydrogen) atoms. The number of aryl methyl sites for hydroxylation is 1. The van der Waals surface area contributed by atoms with Crippen molar-refractivity contribution in [2.75, 3.05) is 38.3 Å². The van der Waals surface area contributed by atoms with Gasteiger partial charge in [-0.15, -0.1) is 0 Å². The minimum atomic E-state index is -3.97. The van der Waals surface area contributed by atoms with Crippen LogP contribution in [0, 0.1) is 11.8 Å². The maximum Gasteiger partial charge on any atom is 0.264 e. The SMILES string of the molecule is COC[C@@H]1C/C=C/C[C@H]2CC[C@H]2CN2C[C@@]3(CCCc4cc(Cl)c(O)cc43)COc3ccc(cc32)C(=O)NS1(=O)=O. The molecule has 2 N–H and O–H groups in total. The Bertz CT molecular complexity index is 1480. The number of phenolic OH excluding ortho intramolecular Hbond substituents is 1. The minimum absolute atomic E-state index is 0.00483. The van der Waals surface area contributed by atoms with E-state index in [1.54, 1.807) is 24.3 Å². The molecule has 2 aromatic rings. The molecule has 0 radical (unpaired) electrons. The molecule has 0 saturated heterocycles. The highest BCUT2D eigenvalue weighted by atomic mass is 35.5. The van der Waals surface area contributed by atoms with Crippen LogP contribution in [0.15, 0.2) is 42.5 Å². The first-order valence-electron chi connectivity index (χ1n) is 14.4. The third kappa shape index (κ3) is 5.44. The van der Waals surface area contributed by atoms with Crippen LogP contribution >= 0.6 is 11.6 Å². The topological polar surface area (TPSA) is 105 Å². The number of hydrogen-bond donors (Lipinski definition) is 2. The van der Waals surface area contributed by atoms with Crippen LogP contribution < -0.4 is 14.4 Å². The molecule has 1 amide bonds. The normalized spacial score (nSPS) is 29.9. The largest absolute Gasteiger partial charge is 0.506 e. The van der Waals surface area contributed by atoms with Gasteiger partial charge in [-0.3, -0.25) is 4.79 Å². The van der Waals surface area contributed by atoms with Crippen molar-refractivity contribution in [1.29, 1.82) is 0 Å². The molecule has 10 heteroatoms. The van der Waals surface area contributed by atoms with Crippen LogP contribution in [-0.2, 0) is 26.6 Å². The zero-order valence-corrected chi connectivity index (χ0v) is 24.8. The Morgan fingerprint density at radius 1 is 1.17 bits per heavy atom. The zero-order chi connectivity index (χ0) is 28.8. The number of rotatable bonds is 2. The predicted molar refractivity (Wildman–Crippen MR) is 159 cm³/mol. The van der Waals surface area contributed by atoms with Gasteiger partial charge in [-0.1, -0.05) is 23.8 Å². The van der Waals surface area contributed by atoms with Crippen molar-refractivity contribution in [3.05, 3.63) is 64.2 Å².